The molecular weight excluding hydrogens is 441 g/mol. The summed E-state index contributed by atoms with van der Waals surface area (Å²) in [6.45, 7) is 0.953. The molecule has 5 nitrogen and oxygen atoms in total. The fourth-order valence-corrected chi connectivity index (χ4v) is 5.95. The van der Waals surface area contributed by atoms with Crippen LogP contribution in [0.1, 0.15) is 68.5 Å². The maximum atomic E-state index is 13.1. The number of carbonyl (C=O) groups excluding carboxylic acids is 2. The number of piperidine rings is 1. The largest absolute Gasteiger partial charge is 0.353 e. The van der Waals surface area contributed by atoms with Crippen molar-refractivity contribution in [1.29, 1.82) is 0 Å². The highest BCUT2D eigenvalue weighted by atomic mass is 19.1. The second-order valence-electron chi connectivity index (χ2n) is 10.6. The van der Waals surface area contributed by atoms with E-state index in [0.29, 0.717) is 24.4 Å². The molecule has 0 radical (unpaired) electrons. The van der Waals surface area contributed by atoms with Crippen LogP contribution in [0.2, 0.25) is 0 Å². The average Bonchev–Trinajstić information content (AvgIpc) is 3.62. The summed E-state index contributed by atoms with van der Waals surface area (Å²) in [5.41, 5.74) is 2.01. The summed E-state index contributed by atoms with van der Waals surface area (Å²) in [6, 6.07) is 17.7. The molecule has 0 spiro atoms. The van der Waals surface area contributed by atoms with Crippen molar-refractivity contribution >= 4 is 11.8 Å². The van der Waals surface area contributed by atoms with Crippen LogP contribution < -0.4 is 10.6 Å². The topological polar surface area (TPSA) is 61.4 Å². The lowest BCUT2D eigenvalue weighted by Crippen LogP contribution is -2.51. The molecule has 6 heteroatoms. The van der Waals surface area contributed by atoms with Crippen LogP contribution in [0.3, 0.4) is 0 Å². The van der Waals surface area contributed by atoms with E-state index in [-0.39, 0.29) is 36.1 Å². The van der Waals surface area contributed by atoms with Crippen LogP contribution in [0.4, 0.5) is 4.39 Å². The molecule has 3 aliphatic rings. The Hall–Kier alpha value is -2.73. The van der Waals surface area contributed by atoms with E-state index in [4.69, 9.17) is 0 Å². The minimum absolute atomic E-state index is 0.0111. The van der Waals surface area contributed by atoms with Crippen LogP contribution in [-0.4, -0.2) is 41.4 Å². The van der Waals surface area contributed by atoms with Gasteiger partial charge in [-0.3, -0.25) is 14.5 Å². The number of amides is 2. The summed E-state index contributed by atoms with van der Waals surface area (Å²) in [4.78, 5) is 27.8. The molecule has 2 saturated heterocycles. The van der Waals surface area contributed by atoms with Gasteiger partial charge in [-0.1, -0.05) is 42.5 Å². The Morgan fingerprint density at radius 2 is 1.60 bits per heavy atom. The molecule has 2 N–H and O–H groups in total. The summed E-state index contributed by atoms with van der Waals surface area (Å²) < 4.78 is 13.1. The highest BCUT2D eigenvalue weighted by molar-refractivity contribution is 5.79. The summed E-state index contributed by atoms with van der Waals surface area (Å²) >= 11 is 0. The van der Waals surface area contributed by atoms with Crippen molar-refractivity contribution in [3.63, 3.8) is 0 Å². The van der Waals surface area contributed by atoms with Gasteiger partial charge in [-0.15, -0.1) is 0 Å². The number of fused-ring (bicyclic) bond motifs is 2. The molecule has 186 valence electrons. The minimum Gasteiger partial charge on any atom is -0.353 e. The number of rotatable bonds is 10. The Balaban J connectivity index is 1.14. The number of hydrogen-bond donors (Lipinski definition) is 2. The van der Waals surface area contributed by atoms with Gasteiger partial charge >= 0.3 is 0 Å². The molecule has 3 atom stereocenters. The lowest BCUT2D eigenvalue weighted by Gasteiger charge is -2.40. The Kier molecular flexibility index (Phi) is 7.47. The predicted octanol–water partition coefficient (Wildman–Crippen LogP) is 4.53. The molecule has 2 aliphatic heterocycles. The molecule has 2 unspecified atom stereocenters. The summed E-state index contributed by atoms with van der Waals surface area (Å²) in [6.07, 6.45) is 8.47. The zero-order chi connectivity index (χ0) is 24.2. The lowest BCUT2D eigenvalue weighted by atomic mass is 9.95. The highest BCUT2D eigenvalue weighted by Gasteiger charge is 2.41. The molecule has 2 aromatic carbocycles. The van der Waals surface area contributed by atoms with Gasteiger partial charge in [0, 0.05) is 31.1 Å². The summed E-state index contributed by atoms with van der Waals surface area (Å²) in [5.74, 6) is 0.485. The van der Waals surface area contributed by atoms with Crippen LogP contribution in [0, 0.1) is 11.7 Å². The van der Waals surface area contributed by atoms with Crippen molar-refractivity contribution in [2.24, 2.45) is 5.92 Å². The Morgan fingerprint density at radius 3 is 2.26 bits per heavy atom. The molecule has 1 aliphatic carbocycles. The zero-order valence-electron chi connectivity index (χ0n) is 20.3. The smallest absolute Gasteiger partial charge is 0.224 e. The van der Waals surface area contributed by atoms with E-state index < -0.39 is 0 Å². The quantitative estimate of drug-likeness (QED) is 0.529. The molecular formula is C29H36FN3O2. The second kappa shape index (κ2) is 10.9. The summed E-state index contributed by atoms with van der Waals surface area (Å²) in [7, 11) is 0. The normalized spacial score (nSPS) is 24.7. The van der Waals surface area contributed by atoms with E-state index in [1.54, 1.807) is 12.1 Å². The lowest BCUT2D eigenvalue weighted by molar-refractivity contribution is -0.122. The van der Waals surface area contributed by atoms with Gasteiger partial charge in [-0.2, -0.15) is 0 Å². The van der Waals surface area contributed by atoms with Gasteiger partial charge in [0.25, 0.3) is 0 Å². The predicted molar refractivity (Wildman–Crippen MR) is 134 cm³/mol. The highest BCUT2D eigenvalue weighted by Crippen LogP contribution is 2.37. The molecule has 0 aromatic heterocycles. The monoisotopic (exact) mass is 477 g/mol. The molecule has 2 bridgehead atoms. The number of nitrogens with one attached hydrogen (secondary N) is 2. The third-order valence-corrected chi connectivity index (χ3v) is 7.91. The van der Waals surface area contributed by atoms with Crippen molar-refractivity contribution in [2.75, 3.05) is 6.54 Å². The number of halogens is 1. The SMILES string of the molecule is O=C(Cc1ccc(F)cc1)NC1CC2CCC(C1)N2CC[C@@H](NC(=O)CC1CC1)c1ccccc1. The van der Waals surface area contributed by atoms with Crippen molar-refractivity contribution in [1.82, 2.24) is 15.5 Å². The maximum Gasteiger partial charge on any atom is 0.224 e. The first-order valence-electron chi connectivity index (χ1n) is 13.2. The molecule has 5 rings (SSSR count). The van der Waals surface area contributed by atoms with Gasteiger partial charge in [0.1, 0.15) is 5.82 Å². The molecule has 2 heterocycles. The van der Waals surface area contributed by atoms with Crippen molar-refractivity contribution < 1.29 is 14.0 Å². The molecule has 2 amide bonds. The van der Waals surface area contributed by atoms with Crippen LogP contribution >= 0.6 is 0 Å². The average molecular weight is 478 g/mol. The van der Waals surface area contributed by atoms with Crippen molar-refractivity contribution in [3.05, 3.63) is 71.5 Å². The van der Waals surface area contributed by atoms with E-state index in [0.717, 1.165) is 31.4 Å². The Labute approximate surface area is 207 Å². The van der Waals surface area contributed by atoms with E-state index >= 15 is 0 Å². The van der Waals surface area contributed by atoms with Gasteiger partial charge in [0.05, 0.1) is 12.5 Å². The molecule has 1 saturated carbocycles. The van der Waals surface area contributed by atoms with Gasteiger partial charge < -0.3 is 10.6 Å². The van der Waals surface area contributed by atoms with Gasteiger partial charge in [0.2, 0.25) is 11.8 Å². The van der Waals surface area contributed by atoms with Crippen molar-refractivity contribution in [2.45, 2.75) is 82.0 Å². The Bertz CT molecular complexity index is 994. The number of carbonyl (C=O) groups is 2. The standard InChI is InChI=1S/C29H36FN3O2/c30-23-10-8-21(9-11-23)16-28(34)31-24-18-25-12-13-26(19-24)33(25)15-14-27(22-4-2-1-3-5-22)32-29(35)17-20-6-7-20/h1-5,8-11,20,24-27H,6-7,12-19H2,(H,31,34)(H,32,35)/t24?,25?,26?,27-/m1/s1. The third kappa shape index (κ3) is 6.49. The fraction of sp³-hybridized carbons (Fsp3) is 0.517. The van der Waals surface area contributed by atoms with Crippen LogP contribution in [-0.2, 0) is 16.0 Å². The molecule has 2 aromatic rings. The molecule has 3 fully saturated rings. The van der Waals surface area contributed by atoms with Crippen LogP contribution in [0.25, 0.3) is 0 Å². The summed E-state index contributed by atoms with van der Waals surface area (Å²) in [5, 5.41) is 6.54. The van der Waals surface area contributed by atoms with Gasteiger partial charge in [0.15, 0.2) is 0 Å². The van der Waals surface area contributed by atoms with Gasteiger partial charge in [-0.25, -0.2) is 4.39 Å². The fourth-order valence-electron chi connectivity index (χ4n) is 5.95. The first-order valence-corrected chi connectivity index (χ1v) is 13.2. The first-order chi connectivity index (χ1) is 17.0. The second-order valence-corrected chi connectivity index (χ2v) is 10.6. The van der Waals surface area contributed by atoms with Gasteiger partial charge in [-0.05, 0) is 74.1 Å². The number of nitrogens with zero attached hydrogens (tertiary/aromatic N) is 1. The van der Waals surface area contributed by atoms with E-state index in [9.17, 15) is 14.0 Å². The van der Waals surface area contributed by atoms with E-state index in [1.165, 1.54) is 43.4 Å². The first kappa shape index (κ1) is 24.0. The minimum atomic E-state index is -0.282. The molecule has 35 heavy (non-hydrogen) atoms. The van der Waals surface area contributed by atoms with Crippen LogP contribution in [0.15, 0.2) is 54.6 Å². The number of hydrogen-bond acceptors (Lipinski definition) is 3. The Morgan fingerprint density at radius 1 is 0.914 bits per heavy atom. The number of benzene rings is 2. The van der Waals surface area contributed by atoms with Crippen LogP contribution in [0.5, 0.6) is 0 Å². The maximum absolute atomic E-state index is 13.1. The van der Waals surface area contributed by atoms with Crippen molar-refractivity contribution in [3.8, 4) is 0 Å². The van der Waals surface area contributed by atoms with E-state index in [1.807, 2.05) is 18.2 Å². The van der Waals surface area contributed by atoms with E-state index in [2.05, 4.69) is 27.7 Å². The third-order valence-electron chi connectivity index (χ3n) is 7.91. The zero-order valence-corrected chi connectivity index (χ0v) is 20.3.